The zero-order valence-electron chi connectivity index (χ0n) is 17.0. The van der Waals surface area contributed by atoms with E-state index in [2.05, 4.69) is 23.2 Å². The maximum Gasteiger partial charge on any atom is 0.227 e. The lowest BCUT2D eigenvalue weighted by molar-refractivity contribution is -0.139. The Hall–Kier alpha value is -1.88. The molecule has 1 saturated carbocycles. The third-order valence-corrected chi connectivity index (χ3v) is 6.07. The van der Waals surface area contributed by atoms with Gasteiger partial charge in [0.1, 0.15) is 0 Å². The van der Waals surface area contributed by atoms with Gasteiger partial charge in [-0.25, -0.2) is 0 Å². The molecule has 1 aliphatic carbocycles. The molecule has 5 nitrogen and oxygen atoms in total. The van der Waals surface area contributed by atoms with Crippen LogP contribution in [-0.4, -0.2) is 54.3 Å². The van der Waals surface area contributed by atoms with Crippen molar-refractivity contribution in [3.63, 3.8) is 0 Å². The number of hydrogen-bond acceptors (Lipinski definition) is 3. The summed E-state index contributed by atoms with van der Waals surface area (Å²) in [7, 11) is 0. The van der Waals surface area contributed by atoms with Crippen molar-refractivity contribution < 1.29 is 9.59 Å². The molecule has 1 N–H and O–H groups in total. The number of carbonyl (C=O) groups is 2. The van der Waals surface area contributed by atoms with Crippen molar-refractivity contribution >= 4 is 17.5 Å². The van der Waals surface area contributed by atoms with Crippen molar-refractivity contribution in [3.05, 3.63) is 29.3 Å². The lowest BCUT2D eigenvalue weighted by atomic mass is 9.80. The van der Waals surface area contributed by atoms with E-state index in [1.54, 1.807) is 0 Å². The van der Waals surface area contributed by atoms with E-state index in [1.807, 2.05) is 30.9 Å². The average Bonchev–Trinajstić information content (AvgIpc) is 2.67. The second-order valence-electron chi connectivity index (χ2n) is 8.17. The van der Waals surface area contributed by atoms with Crippen molar-refractivity contribution in [2.75, 3.05) is 38.0 Å². The smallest absolute Gasteiger partial charge is 0.227 e. The second-order valence-corrected chi connectivity index (χ2v) is 8.17. The second kappa shape index (κ2) is 8.87. The Morgan fingerprint density at radius 3 is 2.04 bits per heavy atom. The van der Waals surface area contributed by atoms with Crippen molar-refractivity contribution in [3.8, 4) is 0 Å². The topological polar surface area (TPSA) is 52.7 Å². The van der Waals surface area contributed by atoms with Gasteiger partial charge in [0.2, 0.25) is 11.8 Å². The Labute approximate surface area is 163 Å². The Morgan fingerprint density at radius 2 is 1.48 bits per heavy atom. The molecule has 5 heteroatoms. The molecule has 2 fully saturated rings. The molecule has 1 heterocycles. The lowest BCUT2D eigenvalue weighted by Crippen LogP contribution is -2.50. The van der Waals surface area contributed by atoms with E-state index in [0.717, 1.165) is 75.2 Å². The Bertz CT molecular complexity index is 652. The number of benzene rings is 1. The van der Waals surface area contributed by atoms with E-state index >= 15 is 0 Å². The Balaban J connectivity index is 1.48. The molecule has 2 aliphatic rings. The summed E-state index contributed by atoms with van der Waals surface area (Å²) in [6.45, 7) is 11.0. The van der Waals surface area contributed by atoms with Gasteiger partial charge in [-0.3, -0.25) is 9.59 Å². The van der Waals surface area contributed by atoms with Gasteiger partial charge in [-0.2, -0.15) is 0 Å². The highest BCUT2D eigenvalue weighted by molar-refractivity contribution is 5.93. The molecule has 1 aromatic carbocycles. The number of nitrogens with zero attached hydrogens (tertiary/aromatic N) is 2. The van der Waals surface area contributed by atoms with Crippen LogP contribution >= 0.6 is 0 Å². The molecule has 1 saturated heterocycles. The number of rotatable bonds is 4. The fourth-order valence-corrected chi connectivity index (χ4v) is 4.44. The lowest BCUT2D eigenvalue weighted by Gasteiger charge is -2.37. The normalized spacial score (nSPS) is 23.9. The maximum absolute atomic E-state index is 12.8. The number of aryl methyl sites for hydroxylation is 2. The third-order valence-electron chi connectivity index (χ3n) is 6.07. The zero-order chi connectivity index (χ0) is 19.4. The minimum atomic E-state index is 0.0202. The average molecular weight is 372 g/mol. The predicted octanol–water partition coefficient (Wildman–Crippen LogP) is 3.21. The Morgan fingerprint density at radius 1 is 0.926 bits per heavy atom. The Kier molecular flexibility index (Phi) is 6.53. The molecule has 27 heavy (non-hydrogen) atoms. The highest BCUT2D eigenvalue weighted by Gasteiger charge is 2.33. The molecule has 0 spiro atoms. The van der Waals surface area contributed by atoms with Gasteiger partial charge in [0.15, 0.2) is 0 Å². The first-order valence-electron chi connectivity index (χ1n) is 10.4. The van der Waals surface area contributed by atoms with Crippen LogP contribution in [0.3, 0.4) is 0 Å². The third kappa shape index (κ3) is 5.10. The number of piperazine rings is 1. The van der Waals surface area contributed by atoms with Crippen LogP contribution in [0.5, 0.6) is 0 Å². The van der Waals surface area contributed by atoms with Gasteiger partial charge < -0.3 is 15.1 Å². The first kappa shape index (κ1) is 19.9. The molecule has 0 bridgehead atoms. The fraction of sp³-hybridized carbons (Fsp3) is 0.636. The minimum Gasteiger partial charge on any atom is -0.340 e. The fourth-order valence-electron chi connectivity index (χ4n) is 4.44. The van der Waals surface area contributed by atoms with Gasteiger partial charge >= 0.3 is 0 Å². The highest BCUT2D eigenvalue weighted by Crippen LogP contribution is 2.31. The van der Waals surface area contributed by atoms with Gasteiger partial charge in [0.25, 0.3) is 0 Å². The van der Waals surface area contributed by atoms with Crippen LogP contribution < -0.4 is 5.32 Å². The molecule has 0 unspecified atom stereocenters. The summed E-state index contributed by atoms with van der Waals surface area (Å²) >= 11 is 0. The van der Waals surface area contributed by atoms with Gasteiger partial charge in [-0.1, -0.05) is 13.0 Å². The van der Waals surface area contributed by atoms with Gasteiger partial charge in [0, 0.05) is 43.7 Å². The van der Waals surface area contributed by atoms with E-state index in [1.165, 1.54) is 0 Å². The maximum atomic E-state index is 12.8. The molecule has 0 atom stereocenters. The summed E-state index contributed by atoms with van der Waals surface area (Å²) in [4.78, 5) is 29.8. The summed E-state index contributed by atoms with van der Waals surface area (Å²) in [5.74, 6) is 0.525. The van der Waals surface area contributed by atoms with Crippen LogP contribution in [0.25, 0.3) is 0 Å². The van der Waals surface area contributed by atoms with Gasteiger partial charge in [-0.05, 0) is 69.3 Å². The highest BCUT2D eigenvalue weighted by atomic mass is 16.2. The standard InChI is InChI=1S/C22H33N3O2/c1-4-24-9-11-25(12-10-24)22(27)19-7-5-18(6-8-19)21(26)23-20-14-16(2)13-17(3)15-20/h13-15,18-19H,4-12H2,1-3H3,(H,23,26). The van der Waals surface area contributed by atoms with Crippen molar-refractivity contribution in [1.29, 1.82) is 0 Å². The number of carbonyl (C=O) groups excluding carboxylic acids is 2. The van der Waals surface area contributed by atoms with E-state index in [-0.39, 0.29) is 17.7 Å². The first-order chi connectivity index (χ1) is 13.0. The molecule has 148 valence electrons. The van der Waals surface area contributed by atoms with Crippen LogP contribution in [0.15, 0.2) is 18.2 Å². The molecule has 0 aromatic heterocycles. The molecule has 3 rings (SSSR count). The van der Waals surface area contributed by atoms with Gasteiger partial charge in [0.05, 0.1) is 0 Å². The van der Waals surface area contributed by atoms with Crippen LogP contribution in [0.4, 0.5) is 5.69 Å². The van der Waals surface area contributed by atoms with Crippen molar-refractivity contribution in [1.82, 2.24) is 9.80 Å². The summed E-state index contributed by atoms with van der Waals surface area (Å²) < 4.78 is 0. The van der Waals surface area contributed by atoms with Crippen LogP contribution in [-0.2, 0) is 9.59 Å². The van der Waals surface area contributed by atoms with Crippen molar-refractivity contribution in [2.24, 2.45) is 11.8 Å². The number of likely N-dealkylation sites (N-methyl/N-ethyl adjacent to an activating group) is 1. The molecule has 1 aromatic rings. The summed E-state index contributed by atoms with van der Waals surface area (Å²) in [6.07, 6.45) is 3.28. The molecule has 2 amide bonds. The zero-order valence-corrected chi connectivity index (χ0v) is 17.0. The van der Waals surface area contributed by atoms with E-state index in [4.69, 9.17) is 0 Å². The van der Waals surface area contributed by atoms with Crippen LogP contribution in [0, 0.1) is 25.7 Å². The molecular weight excluding hydrogens is 338 g/mol. The number of anilines is 1. The van der Waals surface area contributed by atoms with E-state index in [0.29, 0.717) is 5.91 Å². The molecule has 1 aliphatic heterocycles. The number of amides is 2. The molecule has 0 radical (unpaired) electrons. The first-order valence-corrected chi connectivity index (χ1v) is 10.4. The van der Waals surface area contributed by atoms with Crippen molar-refractivity contribution in [2.45, 2.75) is 46.5 Å². The largest absolute Gasteiger partial charge is 0.340 e. The monoisotopic (exact) mass is 371 g/mol. The number of hydrogen-bond donors (Lipinski definition) is 1. The summed E-state index contributed by atoms with van der Waals surface area (Å²) in [5, 5.41) is 3.07. The van der Waals surface area contributed by atoms with Crippen LogP contribution in [0.2, 0.25) is 0 Å². The minimum absolute atomic E-state index is 0.0202. The number of nitrogens with one attached hydrogen (secondary N) is 1. The summed E-state index contributed by atoms with van der Waals surface area (Å²) in [6, 6.07) is 6.12. The van der Waals surface area contributed by atoms with E-state index < -0.39 is 0 Å². The van der Waals surface area contributed by atoms with Gasteiger partial charge in [-0.15, -0.1) is 0 Å². The van der Waals surface area contributed by atoms with E-state index in [9.17, 15) is 9.59 Å². The quantitative estimate of drug-likeness (QED) is 0.884. The summed E-state index contributed by atoms with van der Waals surface area (Å²) in [5.41, 5.74) is 3.19. The SMILES string of the molecule is CCN1CCN(C(=O)C2CCC(C(=O)Nc3cc(C)cc(C)c3)CC2)CC1. The van der Waals surface area contributed by atoms with Crippen LogP contribution in [0.1, 0.15) is 43.7 Å². The predicted molar refractivity (Wildman–Crippen MR) is 109 cm³/mol. The molecular formula is C22H33N3O2.